The first kappa shape index (κ1) is 17.2. The maximum Gasteiger partial charge on any atom is 0.253 e. The van der Waals surface area contributed by atoms with E-state index in [1.54, 1.807) is 18.5 Å². The summed E-state index contributed by atoms with van der Waals surface area (Å²) in [5.74, 6) is 0.514. The molecule has 0 aliphatic carbocycles. The largest absolute Gasteiger partial charge is 0.378 e. The van der Waals surface area contributed by atoms with E-state index in [4.69, 9.17) is 4.74 Å². The van der Waals surface area contributed by atoms with Gasteiger partial charge in [0.1, 0.15) is 17.2 Å². The average Bonchev–Trinajstić information content (AvgIpc) is 2.74. The highest BCUT2D eigenvalue weighted by Crippen LogP contribution is 2.22. The molecule has 1 saturated heterocycles. The van der Waals surface area contributed by atoms with Crippen LogP contribution in [0.1, 0.15) is 5.69 Å². The first-order valence-electron chi connectivity index (χ1n) is 8.75. The summed E-state index contributed by atoms with van der Waals surface area (Å²) in [7, 11) is 0. The number of rotatable bonds is 6. The molecule has 1 aliphatic heterocycles. The zero-order chi connectivity index (χ0) is 18.6. The number of hydrogen-bond donors (Lipinski definition) is 2. The van der Waals surface area contributed by atoms with Crippen molar-refractivity contribution in [1.29, 1.82) is 0 Å². The lowest BCUT2D eigenvalue weighted by Gasteiger charge is -2.28. The lowest BCUT2D eigenvalue weighted by Crippen LogP contribution is -2.37. The molecule has 3 heterocycles. The lowest BCUT2D eigenvalue weighted by atomic mass is 10.2. The number of morpholine rings is 1. The number of hydrogen-bond acceptors (Lipinski definition) is 8. The Bertz CT molecular complexity index is 975. The van der Waals surface area contributed by atoms with E-state index in [0.717, 1.165) is 24.5 Å². The van der Waals surface area contributed by atoms with E-state index in [2.05, 4.69) is 25.5 Å². The molecule has 1 aliphatic rings. The Balaban J connectivity index is 1.44. The summed E-state index contributed by atoms with van der Waals surface area (Å²) in [6.45, 7) is 3.43. The molecular formula is C19H19N5O3. The van der Waals surface area contributed by atoms with Crippen LogP contribution in [0.25, 0.3) is 0 Å². The number of pyridine rings is 2. The highest BCUT2D eigenvalue weighted by molar-refractivity contribution is 5.78. The normalized spacial score (nSPS) is 14.3. The molecule has 3 aromatic rings. The molecule has 4 rings (SSSR count). The molecule has 2 N–H and O–H groups in total. The molecule has 1 fully saturated rings. The zero-order valence-corrected chi connectivity index (χ0v) is 14.6. The molecule has 0 radical (unpaired) electrons. The summed E-state index contributed by atoms with van der Waals surface area (Å²) in [5.41, 5.74) is 1.22. The van der Waals surface area contributed by atoms with E-state index in [1.807, 2.05) is 24.3 Å². The van der Waals surface area contributed by atoms with Gasteiger partial charge in [-0.25, -0.2) is 4.98 Å². The fraction of sp³-hybridized carbons (Fsp3) is 0.263. The third kappa shape index (κ3) is 3.65. The summed E-state index contributed by atoms with van der Waals surface area (Å²) >= 11 is 0. The third-order valence-electron chi connectivity index (χ3n) is 4.46. The Hall–Kier alpha value is -3.26. The predicted octanol–water partition coefficient (Wildman–Crippen LogP) is 1.26. The second-order valence-corrected chi connectivity index (χ2v) is 6.21. The monoisotopic (exact) mass is 365 g/mol. The van der Waals surface area contributed by atoms with Crippen LogP contribution in [0.4, 0.5) is 22.9 Å². The molecule has 0 bridgehead atoms. The van der Waals surface area contributed by atoms with Gasteiger partial charge >= 0.3 is 0 Å². The van der Waals surface area contributed by atoms with Crippen LogP contribution in [0.5, 0.6) is 0 Å². The van der Waals surface area contributed by atoms with Crippen molar-refractivity contribution in [2.75, 3.05) is 41.8 Å². The molecule has 0 unspecified atom stereocenters. The molecule has 0 amide bonds. The minimum atomic E-state index is -0.544. The molecule has 0 spiro atoms. The van der Waals surface area contributed by atoms with Gasteiger partial charge in [0.25, 0.3) is 10.9 Å². The van der Waals surface area contributed by atoms with Crippen molar-refractivity contribution in [3.63, 3.8) is 0 Å². The van der Waals surface area contributed by atoms with Crippen LogP contribution in [0.3, 0.4) is 0 Å². The average molecular weight is 365 g/mol. The number of aromatic nitrogens is 2. The van der Waals surface area contributed by atoms with Gasteiger partial charge in [0, 0.05) is 19.3 Å². The van der Waals surface area contributed by atoms with E-state index in [0.29, 0.717) is 25.6 Å². The molecule has 0 atom stereocenters. The van der Waals surface area contributed by atoms with Crippen molar-refractivity contribution in [2.24, 2.45) is 0 Å². The fourth-order valence-corrected chi connectivity index (χ4v) is 2.96. The highest BCUT2D eigenvalue weighted by atomic mass is 16.5. The Labute approximate surface area is 155 Å². The summed E-state index contributed by atoms with van der Waals surface area (Å²) in [6.07, 6.45) is 3.43. The minimum absolute atomic E-state index is 0.238. The number of anilines is 4. The Morgan fingerprint density at radius 1 is 1.00 bits per heavy atom. The Morgan fingerprint density at radius 2 is 1.81 bits per heavy atom. The van der Waals surface area contributed by atoms with Gasteiger partial charge in [-0.2, -0.15) is 0 Å². The van der Waals surface area contributed by atoms with Crippen molar-refractivity contribution in [1.82, 2.24) is 9.97 Å². The second-order valence-electron chi connectivity index (χ2n) is 6.21. The molecular weight excluding hydrogens is 346 g/mol. The van der Waals surface area contributed by atoms with E-state index in [9.17, 15) is 9.59 Å². The van der Waals surface area contributed by atoms with Crippen molar-refractivity contribution in [2.45, 2.75) is 6.54 Å². The smallest absolute Gasteiger partial charge is 0.253 e. The fourth-order valence-electron chi connectivity index (χ4n) is 2.96. The number of nitrogens with one attached hydrogen (secondary N) is 2. The first-order valence-corrected chi connectivity index (χ1v) is 8.75. The maximum atomic E-state index is 11.9. The number of nitrogens with zero attached hydrogens (tertiary/aromatic N) is 3. The topological polar surface area (TPSA) is 96.5 Å². The summed E-state index contributed by atoms with van der Waals surface area (Å²) in [4.78, 5) is 34.5. The number of ether oxygens (including phenoxy) is 1. The van der Waals surface area contributed by atoms with Gasteiger partial charge in [0.05, 0.1) is 37.3 Å². The predicted molar refractivity (Wildman–Crippen MR) is 103 cm³/mol. The molecule has 27 heavy (non-hydrogen) atoms. The van der Waals surface area contributed by atoms with Crippen molar-refractivity contribution >= 4 is 22.9 Å². The van der Waals surface area contributed by atoms with Gasteiger partial charge in [-0.3, -0.25) is 14.6 Å². The van der Waals surface area contributed by atoms with Crippen LogP contribution in [-0.2, 0) is 11.3 Å². The Morgan fingerprint density at radius 3 is 2.52 bits per heavy atom. The van der Waals surface area contributed by atoms with Crippen molar-refractivity contribution in [3.8, 4) is 0 Å². The minimum Gasteiger partial charge on any atom is -0.378 e. The summed E-state index contributed by atoms with van der Waals surface area (Å²) in [5, 5.41) is 5.93. The maximum absolute atomic E-state index is 11.9. The van der Waals surface area contributed by atoms with Gasteiger partial charge in [-0.1, -0.05) is 6.07 Å². The molecule has 138 valence electrons. The molecule has 8 heteroatoms. The van der Waals surface area contributed by atoms with Crippen LogP contribution < -0.4 is 26.4 Å². The van der Waals surface area contributed by atoms with E-state index >= 15 is 0 Å². The van der Waals surface area contributed by atoms with E-state index < -0.39 is 10.9 Å². The van der Waals surface area contributed by atoms with Gasteiger partial charge in [0.15, 0.2) is 0 Å². The SMILES string of the molecule is O=c1c(NCc2ccccn2)c(Nc2ccc(N3CCOCC3)cn2)c1=O. The van der Waals surface area contributed by atoms with Crippen LogP contribution in [0.15, 0.2) is 52.3 Å². The third-order valence-corrected chi connectivity index (χ3v) is 4.46. The second kappa shape index (κ2) is 7.55. The van der Waals surface area contributed by atoms with Gasteiger partial charge in [0.2, 0.25) is 0 Å². The highest BCUT2D eigenvalue weighted by Gasteiger charge is 2.21. The molecule has 8 nitrogen and oxygen atoms in total. The Kier molecular flexibility index (Phi) is 4.80. The van der Waals surface area contributed by atoms with Crippen LogP contribution in [0, 0.1) is 0 Å². The standard InChI is InChI=1S/C19H19N5O3/c25-18-16(22-11-13-3-1-2-6-20-13)17(19(18)26)23-15-5-4-14(12-21-15)24-7-9-27-10-8-24/h1-6,12,22H,7-11H2,(H,21,23). The van der Waals surface area contributed by atoms with Crippen molar-refractivity contribution in [3.05, 3.63) is 68.9 Å². The zero-order valence-electron chi connectivity index (χ0n) is 14.6. The van der Waals surface area contributed by atoms with Crippen molar-refractivity contribution < 1.29 is 4.74 Å². The van der Waals surface area contributed by atoms with E-state index in [1.165, 1.54) is 0 Å². The molecule has 0 saturated carbocycles. The molecule has 2 aromatic heterocycles. The summed E-state index contributed by atoms with van der Waals surface area (Å²) in [6, 6.07) is 9.26. The molecule has 1 aromatic carbocycles. The first-order chi connectivity index (χ1) is 13.2. The lowest BCUT2D eigenvalue weighted by molar-refractivity contribution is 0.122. The van der Waals surface area contributed by atoms with Crippen LogP contribution >= 0.6 is 0 Å². The summed E-state index contributed by atoms with van der Waals surface area (Å²) < 4.78 is 5.35. The van der Waals surface area contributed by atoms with Crippen LogP contribution in [-0.4, -0.2) is 36.3 Å². The van der Waals surface area contributed by atoms with Gasteiger partial charge < -0.3 is 20.3 Å². The van der Waals surface area contributed by atoms with Gasteiger partial charge in [-0.05, 0) is 24.3 Å². The quantitative estimate of drug-likeness (QED) is 0.631. The van der Waals surface area contributed by atoms with Gasteiger partial charge in [-0.15, -0.1) is 0 Å². The van der Waals surface area contributed by atoms with E-state index in [-0.39, 0.29) is 11.4 Å². The van der Waals surface area contributed by atoms with Crippen LogP contribution in [0.2, 0.25) is 0 Å².